The Morgan fingerprint density at radius 2 is 1.55 bits per heavy atom. The average molecular weight is 602 g/mol. The van der Waals surface area contributed by atoms with Crippen LogP contribution in [0.15, 0.2) is 36.5 Å². The Balaban J connectivity index is 0.000000494. The number of benzene rings is 1. The predicted molar refractivity (Wildman–Crippen MR) is 154 cm³/mol. The van der Waals surface area contributed by atoms with Crippen molar-refractivity contribution >= 4 is 44.0 Å². The van der Waals surface area contributed by atoms with Gasteiger partial charge in [0.05, 0.1) is 0 Å². The number of amides is 1. The fourth-order valence-electron chi connectivity index (χ4n) is 4.39. The van der Waals surface area contributed by atoms with Gasteiger partial charge in [0, 0.05) is 0 Å². The number of thiazole rings is 1. The summed E-state index contributed by atoms with van der Waals surface area (Å²) >= 11 is 2.90. The molecule has 1 saturated heterocycles. The fourth-order valence-corrected chi connectivity index (χ4v) is 5.97. The zero-order valence-corrected chi connectivity index (χ0v) is 25.7. The Kier molecular flexibility index (Phi) is 9.77. The SMILES string of the molecule is C1CCCCC1.CC(C)(C)OC(=O)N1CCN(c2nc(-c3ccc(F)cc3)c(-c3ccnc([AsH2])n3)s2)CC1. The first-order valence-electron chi connectivity index (χ1n) is 13.3. The second-order valence-electron chi connectivity index (χ2n) is 10.6. The molecule has 3 aromatic rings. The van der Waals surface area contributed by atoms with Crippen molar-refractivity contribution in [1.29, 1.82) is 0 Å². The standard InChI is InChI=1S/C22H25AsFN5O2S.C6H12/c1-22(2,3)31-21(30)29-12-10-28(11-13-29)20-27-17(14-4-6-15(24)7-5-14)18(32-20)16-8-9-25-19(23)26-16;1-2-4-6-5-3-1/h4-9H,10-13,23H2,1-3H3;1-6H2. The zero-order valence-electron chi connectivity index (χ0n) is 22.5. The second-order valence-corrected chi connectivity index (χ2v) is 12.6. The van der Waals surface area contributed by atoms with E-state index in [1.54, 1.807) is 34.6 Å². The number of halogens is 1. The van der Waals surface area contributed by atoms with Crippen molar-refractivity contribution in [2.45, 2.75) is 64.9 Å². The molecule has 2 aliphatic rings. The molecule has 1 amide bonds. The quantitative estimate of drug-likeness (QED) is 0.391. The first kappa shape index (κ1) is 28.5. The van der Waals surface area contributed by atoms with Gasteiger partial charge in [0.2, 0.25) is 0 Å². The van der Waals surface area contributed by atoms with Crippen LogP contribution in [0.25, 0.3) is 21.8 Å². The van der Waals surface area contributed by atoms with E-state index in [-0.39, 0.29) is 11.9 Å². The summed E-state index contributed by atoms with van der Waals surface area (Å²) in [7, 11) is 0. The number of aromatic nitrogens is 3. The number of nitrogens with zero attached hydrogens (tertiary/aromatic N) is 5. The number of rotatable bonds is 3. The molecule has 0 spiro atoms. The molecule has 5 rings (SSSR count). The number of carbonyl (C=O) groups is 1. The van der Waals surface area contributed by atoms with Gasteiger partial charge >= 0.3 is 173 Å². The van der Waals surface area contributed by atoms with E-state index in [2.05, 4.69) is 14.9 Å². The molecular weight excluding hydrogens is 564 g/mol. The summed E-state index contributed by atoms with van der Waals surface area (Å²) in [4.78, 5) is 30.9. The second kappa shape index (κ2) is 13.0. The van der Waals surface area contributed by atoms with E-state index >= 15 is 0 Å². The van der Waals surface area contributed by atoms with E-state index in [1.165, 1.54) is 67.5 Å². The molecule has 2 aromatic heterocycles. The molecule has 0 N–H and O–H groups in total. The van der Waals surface area contributed by atoms with Crippen LogP contribution in [0.3, 0.4) is 0 Å². The van der Waals surface area contributed by atoms with Crippen molar-refractivity contribution in [3.63, 3.8) is 0 Å². The molecule has 1 aromatic carbocycles. The molecule has 1 unspecified atom stereocenters. The summed E-state index contributed by atoms with van der Waals surface area (Å²) in [5.74, 6) is -0.287. The molecule has 1 atom stereocenters. The van der Waals surface area contributed by atoms with Crippen LogP contribution >= 0.6 is 11.3 Å². The van der Waals surface area contributed by atoms with Gasteiger partial charge in [0.1, 0.15) is 5.60 Å². The topological polar surface area (TPSA) is 71.5 Å². The van der Waals surface area contributed by atoms with Gasteiger partial charge < -0.3 is 0 Å². The van der Waals surface area contributed by atoms with Gasteiger partial charge in [-0.25, -0.2) is 0 Å². The molecule has 7 nitrogen and oxygen atoms in total. The van der Waals surface area contributed by atoms with E-state index in [0.29, 0.717) is 26.2 Å². The molecule has 38 heavy (non-hydrogen) atoms. The number of hydrogen-bond donors (Lipinski definition) is 0. The van der Waals surface area contributed by atoms with Gasteiger partial charge in [0.15, 0.2) is 0 Å². The molecule has 10 heteroatoms. The Morgan fingerprint density at radius 3 is 2.11 bits per heavy atom. The predicted octanol–water partition coefficient (Wildman–Crippen LogP) is 5.06. The summed E-state index contributed by atoms with van der Waals surface area (Å²) in [5, 5.41) is 0.852. The van der Waals surface area contributed by atoms with E-state index in [1.807, 2.05) is 26.8 Å². The van der Waals surface area contributed by atoms with E-state index in [4.69, 9.17) is 9.72 Å². The van der Waals surface area contributed by atoms with Gasteiger partial charge in [-0.05, 0) is 20.8 Å². The third-order valence-electron chi connectivity index (χ3n) is 6.34. The Morgan fingerprint density at radius 1 is 0.947 bits per heavy atom. The third-order valence-corrected chi connectivity index (χ3v) is 8.06. The van der Waals surface area contributed by atoms with Crippen LogP contribution in [0.1, 0.15) is 59.3 Å². The van der Waals surface area contributed by atoms with E-state index in [0.717, 1.165) is 31.6 Å². The van der Waals surface area contributed by atoms with Crippen LogP contribution in [-0.2, 0) is 4.74 Å². The number of ether oxygens (including phenoxy) is 1. The minimum absolute atomic E-state index is 0.287. The average Bonchev–Trinajstić information content (AvgIpc) is 3.35. The van der Waals surface area contributed by atoms with Crippen molar-refractivity contribution in [2.75, 3.05) is 31.1 Å². The van der Waals surface area contributed by atoms with Crippen molar-refractivity contribution in [3.05, 3.63) is 42.3 Å². The van der Waals surface area contributed by atoms with Gasteiger partial charge in [-0.15, -0.1) is 0 Å². The van der Waals surface area contributed by atoms with Gasteiger partial charge in [-0.3, -0.25) is 0 Å². The van der Waals surface area contributed by atoms with Gasteiger partial charge in [0.25, 0.3) is 0 Å². The minimum atomic E-state index is -0.514. The molecule has 0 bridgehead atoms. The first-order valence-corrected chi connectivity index (χ1v) is 15.3. The van der Waals surface area contributed by atoms with Crippen LogP contribution in [0.5, 0.6) is 0 Å². The summed E-state index contributed by atoms with van der Waals surface area (Å²) in [5.41, 5.74) is 1.89. The fraction of sp³-hybridized carbons (Fsp3) is 0.500. The summed E-state index contributed by atoms with van der Waals surface area (Å²) in [6.45, 7) is 8.03. The van der Waals surface area contributed by atoms with Crippen LogP contribution in [0.4, 0.5) is 14.3 Å². The van der Waals surface area contributed by atoms with Crippen LogP contribution in [-0.4, -0.2) is 74.6 Å². The number of hydrogen-bond acceptors (Lipinski definition) is 7. The molecule has 204 valence electrons. The first-order chi connectivity index (χ1) is 18.2. The van der Waals surface area contributed by atoms with Crippen LogP contribution in [0.2, 0.25) is 0 Å². The Labute approximate surface area is 237 Å². The molecule has 1 aliphatic heterocycles. The number of carbonyl (C=O) groups excluding carboxylic acids is 1. The summed E-state index contributed by atoms with van der Waals surface area (Å²) in [6.07, 6.45) is 10.5. The van der Waals surface area contributed by atoms with Crippen molar-refractivity contribution < 1.29 is 13.9 Å². The molecular formula is C28H37AsFN5O2S. The molecule has 2 fully saturated rings. The van der Waals surface area contributed by atoms with Crippen molar-refractivity contribution in [2.24, 2.45) is 0 Å². The normalized spacial score (nSPS) is 16.0. The molecule has 1 saturated carbocycles. The maximum absolute atomic E-state index is 13.5. The third kappa shape index (κ3) is 8.00. The maximum atomic E-state index is 13.5. The van der Waals surface area contributed by atoms with Gasteiger partial charge in [-0.2, -0.15) is 0 Å². The van der Waals surface area contributed by atoms with Crippen molar-refractivity contribution in [1.82, 2.24) is 19.9 Å². The van der Waals surface area contributed by atoms with Crippen LogP contribution < -0.4 is 9.51 Å². The van der Waals surface area contributed by atoms with E-state index < -0.39 is 5.60 Å². The van der Waals surface area contributed by atoms with Crippen LogP contribution in [0, 0.1) is 5.82 Å². The number of anilines is 1. The Hall–Kier alpha value is -2.51. The zero-order chi connectivity index (χ0) is 27.1. The van der Waals surface area contributed by atoms with Crippen molar-refractivity contribution in [3.8, 4) is 21.8 Å². The molecule has 3 heterocycles. The number of piperazine rings is 1. The van der Waals surface area contributed by atoms with Gasteiger partial charge in [-0.1, -0.05) is 38.5 Å². The summed E-state index contributed by atoms with van der Waals surface area (Å²) < 4.78 is 19.7. The van der Waals surface area contributed by atoms with E-state index in [9.17, 15) is 9.18 Å². The monoisotopic (exact) mass is 601 g/mol. The summed E-state index contributed by atoms with van der Waals surface area (Å²) in [6, 6.07) is 8.21. The molecule has 0 radical (unpaired) electrons. The Bertz CT molecular complexity index is 1190. The molecule has 1 aliphatic carbocycles.